The van der Waals surface area contributed by atoms with Gasteiger partial charge in [0, 0.05) is 12.6 Å². The van der Waals surface area contributed by atoms with Crippen LogP contribution in [0.15, 0.2) is 42.7 Å². The highest BCUT2D eigenvalue weighted by atomic mass is 15.3. The van der Waals surface area contributed by atoms with Crippen molar-refractivity contribution in [2.75, 3.05) is 0 Å². The summed E-state index contributed by atoms with van der Waals surface area (Å²) in [4.78, 5) is 4.36. The lowest BCUT2D eigenvalue weighted by molar-refractivity contribution is 0.744. The Morgan fingerprint density at radius 3 is 2.80 bits per heavy atom. The van der Waals surface area contributed by atoms with Crippen LogP contribution < -0.4 is 5.73 Å². The molecule has 0 aliphatic carbocycles. The van der Waals surface area contributed by atoms with Gasteiger partial charge in [0.1, 0.15) is 5.82 Å². The third-order valence-electron chi connectivity index (χ3n) is 2.98. The standard InChI is InChI=1S/C14H16N6/c1-10(15)14-17-13(18-19-14)7-11-8-16-20(9-11)12-5-3-2-4-6-12/h2-6,8-10H,7,15H2,1H3,(H,17,18,19). The van der Waals surface area contributed by atoms with Gasteiger partial charge in [-0.1, -0.05) is 18.2 Å². The molecule has 6 nitrogen and oxygen atoms in total. The molecule has 2 aromatic heterocycles. The van der Waals surface area contributed by atoms with Gasteiger partial charge in [0.05, 0.1) is 17.9 Å². The summed E-state index contributed by atoms with van der Waals surface area (Å²) in [5.74, 6) is 1.43. The Morgan fingerprint density at radius 1 is 1.30 bits per heavy atom. The van der Waals surface area contributed by atoms with Gasteiger partial charge in [0.25, 0.3) is 0 Å². The summed E-state index contributed by atoms with van der Waals surface area (Å²) in [5.41, 5.74) is 7.84. The lowest BCUT2D eigenvalue weighted by atomic mass is 10.2. The molecule has 0 saturated heterocycles. The van der Waals surface area contributed by atoms with E-state index in [-0.39, 0.29) is 6.04 Å². The topological polar surface area (TPSA) is 85.4 Å². The van der Waals surface area contributed by atoms with Crippen LogP contribution in [-0.4, -0.2) is 25.0 Å². The van der Waals surface area contributed by atoms with Crippen molar-refractivity contribution < 1.29 is 0 Å². The Kier molecular flexibility index (Phi) is 3.30. The van der Waals surface area contributed by atoms with Crippen molar-refractivity contribution in [3.05, 3.63) is 59.9 Å². The van der Waals surface area contributed by atoms with E-state index in [4.69, 9.17) is 5.73 Å². The summed E-state index contributed by atoms with van der Waals surface area (Å²) in [6.07, 6.45) is 4.48. The number of aromatic amines is 1. The summed E-state index contributed by atoms with van der Waals surface area (Å²) >= 11 is 0. The Hall–Kier alpha value is -2.47. The lowest BCUT2D eigenvalue weighted by Gasteiger charge is -1.98. The van der Waals surface area contributed by atoms with E-state index in [2.05, 4.69) is 20.3 Å². The molecule has 6 heteroatoms. The van der Waals surface area contributed by atoms with Crippen LogP contribution in [0.5, 0.6) is 0 Å². The number of H-pyrrole nitrogens is 1. The fourth-order valence-electron chi connectivity index (χ4n) is 1.96. The van der Waals surface area contributed by atoms with Crippen molar-refractivity contribution in [1.29, 1.82) is 0 Å². The highest BCUT2D eigenvalue weighted by molar-refractivity contribution is 5.31. The summed E-state index contributed by atoms with van der Waals surface area (Å²) in [7, 11) is 0. The Labute approximate surface area is 116 Å². The maximum Gasteiger partial charge on any atom is 0.167 e. The van der Waals surface area contributed by atoms with Gasteiger partial charge in [-0.3, -0.25) is 5.10 Å². The Bertz CT molecular complexity index is 683. The van der Waals surface area contributed by atoms with Gasteiger partial charge < -0.3 is 5.73 Å². The van der Waals surface area contributed by atoms with Crippen LogP contribution in [0.4, 0.5) is 0 Å². The minimum Gasteiger partial charge on any atom is -0.321 e. The van der Waals surface area contributed by atoms with E-state index in [1.54, 1.807) is 0 Å². The highest BCUT2D eigenvalue weighted by Gasteiger charge is 2.09. The van der Waals surface area contributed by atoms with E-state index >= 15 is 0 Å². The monoisotopic (exact) mass is 268 g/mol. The molecule has 20 heavy (non-hydrogen) atoms. The Balaban J connectivity index is 1.77. The van der Waals surface area contributed by atoms with Gasteiger partial charge in [-0.2, -0.15) is 10.2 Å². The molecule has 1 atom stereocenters. The summed E-state index contributed by atoms with van der Waals surface area (Å²) in [5, 5.41) is 11.3. The zero-order valence-electron chi connectivity index (χ0n) is 11.2. The predicted molar refractivity (Wildman–Crippen MR) is 75.4 cm³/mol. The van der Waals surface area contributed by atoms with E-state index < -0.39 is 0 Å². The first-order valence-electron chi connectivity index (χ1n) is 6.48. The van der Waals surface area contributed by atoms with Gasteiger partial charge in [0.2, 0.25) is 0 Å². The molecule has 0 fully saturated rings. The van der Waals surface area contributed by atoms with Crippen LogP contribution in [0, 0.1) is 0 Å². The molecular weight excluding hydrogens is 252 g/mol. The first kappa shape index (κ1) is 12.6. The van der Waals surface area contributed by atoms with E-state index in [0.29, 0.717) is 12.2 Å². The molecular formula is C14H16N6. The molecule has 102 valence electrons. The molecule has 0 bridgehead atoms. The number of hydrogen-bond acceptors (Lipinski definition) is 4. The summed E-state index contributed by atoms with van der Waals surface area (Å²) in [6.45, 7) is 1.86. The second-order valence-electron chi connectivity index (χ2n) is 4.73. The molecule has 0 aliphatic heterocycles. The average Bonchev–Trinajstić information content (AvgIpc) is 3.10. The minimum absolute atomic E-state index is 0.160. The van der Waals surface area contributed by atoms with E-state index in [1.165, 1.54) is 0 Å². The number of hydrogen-bond donors (Lipinski definition) is 2. The van der Waals surface area contributed by atoms with Crippen molar-refractivity contribution in [3.8, 4) is 5.69 Å². The van der Waals surface area contributed by atoms with Crippen molar-refractivity contribution in [2.24, 2.45) is 5.73 Å². The van der Waals surface area contributed by atoms with Crippen molar-refractivity contribution in [3.63, 3.8) is 0 Å². The second kappa shape index (κ2) is 5.26. The molecule has 0 saturated carbocycles. The van der Waals surface area contributed by atoms with E-state index in [9.17, 15) is 0 Å². The maximum absolute atomic E-state index is 5.74. The van der Waals surface area contributed by atoms with Crippen LogP contribution in [0.2, 0.25) is 0 Å². The molecule has 3 N–H and O–H groups in total. The molecule has 0 spiro atoms. The number of nitrogens with two attached hydrogens (primary N) is 1. The SMILES string of the molecule is CC(N)c1n[nH]c(Cc2cnn(-c3ccccc3)c2)n1. The van der Waals surface area contributed by atoms with Crippen LogP contribution >= 0.6 is 0 Å². The minimum atomic E-state index is -0.160. The lowest BCUT2D eigenvalue weighted by Crippen LogP contribution is -2.06. The first-order chi connectivity index (χ1) is 9.72. The number of aromatic nitrogens is 5. The zero-order valence-corrected chi connectivity index (χ0v) is 11.2. The average molecular weight is 268 g/mol. The number of nitrogens with one attached hydrogen (secondary N) is 1. The predicted octanol–water partition coefficient (Wildman–Crippen LogP) is 1.60. The number of para-hydroxylation sites is 1. The van der Waals surface area contributed by atoms with Gasteiger partial charge in [0.15, 0.2) is 5.82 Å². The molecule has 2 heterocycles. The molecule has 1 aromatic carbocycles. The molecule has 0 aliphatic rings. The second-order valence-corrected chi connectivity index (χ2v) is 4.73. The molecule has 3 aromatic rings. The van der Waals surface area contributed by atoms with Gasteiger partial charge in [-0.15, -0.1) is 0 Å². The zero-order chi connectivity index (χ0) is 13.9. The molecule has 0 radical (unpaired) electrons. The highest BCUT2D eigenvalue weighted by Crippen LogP contribution is 2.11. The summed E-state index contributed by atoms with van der Waals surface area (Å²) in [6, 6.07) is 9.83. The van der Waals surface area contributed by atoms with E-state index in [0.717, 1.165) is 17.1 Å². The fourth-order valence-corrected chi connectivity index (χ4v) is 1.96. The van der Waals surface area contributed by atoms with Crippen molar-refractivity contribution in [1.82, 2.24) is 25.0 Å². The third-order valence-corrected chi connectivity index (χ3v) is 2.98. The van der Waals surface area contributed by atoms with Crippen molar-refractivity contribution >= 4 is 0 Å². The first-order valence-corrected chi connectivity index (χ1v) is 6.48. The maximum atomic E-state index is 5.74. The smallest absolute Gasteiger partial charge is 0.167 e. The van der Waals surface area contributed by atoms with Crippen LogP contribution in [0.25, 0.3) is 5.69 Å². The number of rotatable bonds is 4. The largest absolute Gasteiger partial charge is 0.321 e. The van der Waals surface area contributed by atoms with E-state index in [1.807, 2.05) is 54.3 Å². The quantitative estimate of drug-likeness (QED) is 0.752. The number of benzene rings is 1. The van der Waals surface area contributed by atoms with Crippen LogP contribution in [0.3, 0.4) is 0 Å². The van der Waals surface area contributed by atoms with Crippen LogP contribution in [-0.2, 0) is 6.42 Å². The van der Waals surface area contributed by atoms with Crippen molar-refractivity contribution in [2.45, 2.75) is 19.4 Å². The van der Waals surface area contributed by atoms with Gasteiger partial charge >= 0.3 is 0 Å². The molecule has 1 unspecified atom stereocenters. The van der Waals surface area contributed by atoms with Gasteiger partial charge in [-0.05, 0) is 24.6 Å². The third kappa shape index (κ3) is 2.60. The molecule has 3 rings (SSSR count). The fraction of sp³-hybridized carbons (Fsp3) is 0.214. The Morgan fingerprint density at radius 2 is 2.10 bits per heavy atom. The number of nitrogens with zero attached hydrogens (tertiary/aromatic N) is 4. The summed E-state index contributed by atoms with van der Waals surface area (Å²) < 4.78 is 1.85. The normalized spacial score (nSPS) is 12.5. The van der Waals surface area contributed by atoms with Crippen LogP contribution in [0.1, 0.15) is 30.2 Å². The molecule has 0 amide bonds. The van der Waals surface area contributed by atoms with Gasteiger partial charge in [-0.25, -0.2) is 9.67 Å².